The van der Waals surface area contributed by atoms with Gasteiger partial charge in [0.25, 0.3) is 0 Å². The second-order valence-electron chi connectivity index (χ2n) is 5.40. The van der Waals surface area contributed by atoms with Crippen LogP contribution in [0.3, 0.4) is 0 Å². The van der Waals surface area contributed by atoms with Crippen molar-refractivity contribution in [1.82, 2.24) is 0 Å². The molecule has 0 aliphatic carbocycles. The van der Waals surface area contributed by atoms with Gasteiger partial charge in [-0.15, -0.1) is 0 Å². The smallest absolute Gasteiger partial charge is 0.337 e. The number of carboxylic acid groups (broad SMARTS) is 4. The lowest BCUT2D eigenvalue weighted by molar-refractivity contribution is -0.176. The summed E-state index contributed by atoms with van der Waals surface area (Å²) in [7, 11) is 0.939. The number of carboxylic acids is 4. The van der Waals surface area contributed by atoms with Gasteiger partial charge in [0.05, 0.1) is 24.0 Å². The topological polar surface area (TPSA) is 185 Å². The molecule has 0 bridgehead atoms. The van der Waals surface area contributed by atoms with Crippen molar-refractivity contribution in [2.24, 2.45) is 0 Å². The lowest BCUT2D eigenvalue weighted by Gasteiger charge is -2.25. The van der Waals surface area contributed by atoms with Gasteiger partial charge < -0.3 is 29.9 Å². The minimum Gasteiger partial charge on any atom is -0.481 e. The molecule has 0 aromatic heterocycles. The van der Waals surface area contributed by atoms with Gasteiger partial charge in [0, 0.05) is 7.11 Å². The lowest BCUT2D eigenvalue weighted by Crippen LogP contribution is -2.45. The van der Waals surface area contributed by atoms with Crippen LogP contribution in [-0.2, 0) is 30.5 Å². The molecule has 11 heteroatoms. The highest BCUT2D eigenvalue weighted by molar-refractivity contribution is 6.01. The van der Waals surface area contributed by atoms with Crippen LogP contribution in [0.5, 0.6) is 0 Å². The second-order valence-corrected chi connectivity index (χ2v) is 5.40. The molecule has 1 atom stereocenters. The van der Waals surface area contributed by atoms with Crippen molar-refractivity contribution in [2.75, 3.05) is 7.11 Å². The van der Waals surface area contributed by atoms with E-state index in [0.717, 1.165) is 19.2 Å². The maximum Gasteiger partial charge on any atom is 0.337 e. The van der Waals surface area contributed by atoms with Crippen LogP contribution < -0.4 is 0 Å². The third-order valence-corrected chi connectivity index (χ3v) is 3.59. The number of hydrogen-bond donors (Lipinski definition) is 4. The van der Waals surface area contributed by atoms with Crippen molar-refractivity contribution in [3.05, 3.63) is 34.9 Å². The van der Waals surface area contributed by atoms with E-state index in [1.165, 1.54) is 6.07 Å². The quantitative estimate of drug-likeness (QED) is 0.411. The Balaban J connectivity index is 2.91. The molecule has 1 aromatic carbocycles. The predicted octanol–water partition coefficient (Wildman–Crippen LogP) is 0.461. The van der Waals surface area contributed by atoms with Crippen molar-refractivity contribution in [1.29, 1.82) is 0 Å². The van der Waals surface area contributed by atoms with Gasteiger partial charge in [-0.3, -0.25) is 9.59 Å². The lowest BCUT2D eigenvalue weighted by atomic mass is 9.95. The number of methoxy groups -OCH3 is 1. The first-order valence-corrected chi connectivity index (χ1v) is 7.28. The summed E-state index contributed by atoms with van der Waals surface area (Å²) in [5.74, 6) is -7.20. The summed E-state index contributed by atoms with van der Waals surface area (Å²) < 4.78 is 9.54. The summed E-state index contributed by atoms with van der Waals surface area (Å²) >= 11 is 0. The standard InChI is InChI=1S/C16H16O11/c1-26-16(15(24)25,5-11(17)18)6-12(19)27-7-8-2-3-9(13(20)21)10(4-8)14(22)23/h2-4H,5-7H2,1H3,(H,17,18)(H,20,21)(H,22,23)(H,24,25). The first kappa shape index (κ1) is 21.6. The van der Waals surface area contributed by atoms with Crippen LogP contribution in [-0.4, -0.2) is 63.0 Å². The van der Waals surface area contributed by atoms with Crippen molar-refractivity contribution >= 4 is 29.8 Å². The van der Waals surface area contributed by atoms with E-state index in [1.54, 1.807) is 0 Å². The molecule has 0 aliphatic heterocycles. The summed E-state index contributed by atoms with van der Waals surface area (Å²) in [6.45, 7) is -0.481. The zero-order valence-corrected chi connectivity index (χ0v) is 14.0. The second kappa shape index (κ2) is 8.76. The maximum absolute atomic E-state index is 11.9. The molecule has 0 aliphatic rings. The van der Waals surface area contributed by atoms with Gasteiger partial charge in [-0.2, -0.15) is 0 Å². The first-order valence-electron chi connectivity index (χ1n) is 7.28. The Labute approximate surface area is 151 Å². The van der Waals surface area contributed by atoms with E-state index in [4.69, 9.17) is 29.9 Å². The monoisotopic (exact) mass is 384 g/mol. The molecular formula is C16H16O11. The van der Waals surface area contributed by atoms with E-state index in [1.807, 2.05) is 0 Å². The largest absolute Gasteiger partial charge is 0.481 e. The molecule has 0 spiro atoms. The molecule has 1 aromatic rings. The van der Waals surface area contributed by atoms with Crippen LogP contribution in [0, 0.1) is 0 Å². The summed E-state index contributed by atoms with van der Waals surface area (Å²) in [5.41, 5.74) is -3.15. The van der Waals surface area contributed by atoms with Gasteiger partial charge in [-0.1, -0.05) is 6.07 Å². The molecule has 27 heavy (non-hydrogen) atoms. The molecule has 0 fully saturated rings. The van der Waals surface area contributed by atoms with Gasteiger partial charge in [0.15, 0.2) is 5.60 Å². The molecule has 11 nitrogen and oxygen atoms in total. The van der Waals surface area contributed by atoms with E-state index in [0.29, 0.717) is 0 Å². The Morgan fingerprint density at radius 1 is 0.926 bits per heavy atom. The third kappa shape index (κ3) is 5.51. The number of aliphatic carboxylic acids is 2. The number of ether oxygens (including phenoxy) is 2. The number of esters is 1. The Bertz CT molecular complexity index is 783. The van der Waals surface area contributed by atoms with Crippen molar-refractivity contribution < 1.29 is 53.9 Å². The van der Waals surface area contributed by atoms with E-state index in [9.17, 15) is 24.0 Å². The van der Waals surface area contributed by atoms with Crippen LogP contribution in [0.15, 0.2) is 18.2 Å². The Hall–Kier alpha value is -3.47. The number of carbonyl (C=O) groups excluding carboxylic acids is 1. The molecule has 4 N–H and O–H groups in total. The highest BCUT2D eigenvalue weighted by Crippen LogP contribution is 2.22. The molecule has 0 saturated heterocycles. The van der Waals surface area contributed by atoms with Gasteiger partial charge >= 0.3 is 29.8 Å². The molecule has 146 valence electrons. The zero-order valence-electron chi connectivity index (χ0n) is 14.0. The number of rotatable bonds is 10. The summed E-state index contributed by atoms with van der Waals surface area (Å²) in [6.07, 6.45) is -1.88. The minimum absolute atomic E-state index is 0.141. The van der Waals surface area contributed by atoms with Gasteiger partial charge in [0.1, 0.15) is 6.61 Å². The average molecular weight is 384 g/mol. The summed E-state index contributed by atoms with van der Waals surface area (Å²) in [4.78, 5) is 56.1. The molecule has 1 unspecified atom stereocenters. The maximum atomic E-state index is 11.9. The molecule has 0 saturated carbocycles. The molecular weight excluding hydrogens is 368 g/mol. The van der Waals surface area contributed by atoms with Crippen molar-refractivity contribution in [2.45, 2.75) is 25.0 Å². The highest BCUT2D eigenvalue weighted by Gasteiger charge is 2.44. The Morgan fingerprint density at radius 3 is 1.96 bits per heavy atom. The minimum atomic E-state index is -2.32. The van der Waals surface area contributed by atoms with Gasteiger partial charge in [-0.05, 0) is 17.7 Å². The SMILES string of the molecule is COC(CC(=O)O)(CC(=O)OCc1ccc(C(=O)O)c(C(=O)O)c1)C(=O)O. The predicted molar refractivity (Wildman–Crippen MR) is 84.4 cm³/mol. The number of carbonyl (C=O) groups is 5. The summed E-state index contributed by atoms with van der Waals surface area (Å²) in [5, 5.41) is 35.9. The van der Waals surface area contributed by atoms with E-state index in [2.05, 4.69) is 0 Å². The Kier molecular flexibility index (Phi) is 7.00. The van der Waals surface area contributed by atoms with Crippen LogP contribution in [0.1, 0.15) is 39.1 Å². The molecule has 1 rings (SSSR count). The van der Waals surface area contributed by atoms with Crippen LogP contribution >= 0.6 is 0 Å². The fourth-order valence-electron chi connectivity index (χ4n) is 2.18. The zero-order chi connectivity index (χ0) is 20.8. The van der Waals surface area contributed by atoms with E-state index < -0.39 is 66.0 Å². The molecule has 0 amide bonds. The Morgan fingerprint density at radius 2 is 1.52 bits per heavy atom. The third-order valence-electron chi connectivity index (χ3n) is 3.59. The van der Waals surface area contributed by atoms with Crippen LogP contribution in [0.2, 0.25) is 0 Å². The van der Waals surface area contributed by atoms with Crippen molar-refractivity contribution in [3.63, 3.8) is 0 Å². The first-order chi connectivity index (χ1) is 12.5. The number of aromatic carboxylic acids is 2. The van der Waals surface area contributed by atoms with Crippen LogP contribution in [0.25, 0.3) is 0 Å². The normalized spacial score (nSPS) is 12.6. The fraction of sp³-hybridized carbons (Fsp3) is 0.312. The fourth-order valence-corrected chi connectivity index (χ4v) is 2.18. The molecule has 0 heterocycles. The molecule has 0 radical (unpaired) electrons. The highest BCUT2D eigenvalue weighted by atomic mass is 16.5. The van der Waals surface area contributed by atoms with E-state index in [-0.39, 0.29) is 5.56 Å². The average Bonchev–Trinajstić information content (AvgIpc) is 2.58. The number of hydrogen-bond acceptors (Lipinski definition) is 7. The van der Waals surface area contributed by atoms with E-state index >= 15 is 0 Å². The van der Waals surface area contributed by atoms with Gasteiger partial charge in [0.2, 0.25) is 0 Å². The van der Waals surface area contributed by atoms with Crippen LogP contribution in [0.4, 0.5) is 0 Å². The van der Waals surface area contributed by atoms with Crippen molar-refractivity contribution in [3.8, 4) is 0 Å². The van der Waals surface area contributed by atoms with Gasteiger partial charge in [-0.25, -0.2) is 14.4 Å². The summed E-state index contributed by atoms with van der Waals surface area (Å²) in [6, 6.07) is 3.24. The number of benzene rings is 1.